The van der Waals surface area contributed by atoms with Crippen LogP contribution in [0.15, 0.2) is 60.8 Å². The minimum Gasteiger partial charge on any atom is -0.494 e. The highest BCUT2D eigenvalue weighted by molar-refractivity contribution is 6.05. The van der Waals surface area contributed by atoms with Gasteiger partial charge in [-0.15, -0.1) is 0 Å². The lowest BCUT2D eigenvalue weighted by atomic mass is 9.90. The molecule has 0 saturated carbocycles. The van der Waals surface area contributed by atoms with Crippen molar-refractivity contribution in [1.82, 2.24) is 19.5 Å². The first-order valence-electron chi connectivity index (χ1n) is 14.6. The van der Waals surface area contributed by atoms with E-state index >= 15 is 0 Å². The number of hydrogen-bond acceptors (Lipinski definition) is 6. The highest BCUT2D eigenvalue weighted by atomic mass is 16.6. The van der Waals surface area contributed by atoms with Crippen LogP contribution in [0.4, 0.5) is 10.5 Å². The lowest BCUT2D eigenvalue weighted by molar-refractivity contribution is 0.0203. The van der Waals surface area contributed by atoms with E-state index in [-0.39, 0.29) is 17.9 Å². The first-order valence-corrected chi connectivity index (χ1v) is 14.6. The molecule has 3 heterocycles. The molecule has 1 aliphatic rings. The molecule has 4 aromatic rings. The molecular formula is C33H39N5O4. The summed E-state index contributed by atoms with van der Waals surface area (Å²) in [5.41, 5.74) is 4.86. The van der Waals surface area contributed by atoms with Crippen molar-refractivity contribution in [2.24, 2.45) is 0 Å². The van der Waals surface area contributed by atoms with Crippen molar-refractivity contribution in [3.05, 3.63) is 77.6 Å². The van der Waals surface area contributed by atoms with Crippen molar-refractivity contribution in [3.63, 3.8) is 0 Å². The van der Waals surface area contributed by atoms with Gasteiger partial charge in [0.05, 0.1) is 23.6 Å². The molecule has 0 atom stereocenters. The summed E-state index contributed by atoms with van der Waals surface area (Å²) in [5.74, 6) is 0.565. The normalized spacial score (nSPS) is 14.2. The summed E-state index contributed by atoms with van der Waals surface area (Å²) in [5, 5.41) is 7.82. The Morgan fingerprint density at radius 2 is 1.76 bits per heavy atom. The van der Waals surface area contributed by atoms with Gasteiger partial charge in [0.25, 0.3) is 5.91 Å². The fourth-order valence-corrected chi connectivity index (χ4v) is 5.18. The van der Waals surface area contributed by atoms with Gasteiger partial charge in [0.15, 0.2) is 5.65 Å². The summed E-state index contributed by atoms with van der Waals surface area (Å²) in [4.78, 5) is 33.1. The van der Waals surface area contributed by atoms with Crippen molar-refractivity contribution < 1.29 is 19.1 Å². The van der Waals surface area contributed by atoms with Crippen LogP contribution in [0.5, 0.6) is 5.75 Å². The van der Waals surface area contributed by atoms with E-state index < -0.39 is 5.60 Å². The molecule has 0 radical (unpaired) electrons. The SMILES string of the molecule is CCOc1ccc(-c2cc3nc(C4CCN(C(=O)OC(C)(C)C)CC4)c(C(=O)Nc4cccc(CC)c4)cn3n2)cc1. The average Bonchev–Trinajstić information content (AvgIpc) is 3.39. The number of aryl methyl sites for hydroxylation is 1. The molecule has 0 spiro atoms. The Labute approximate surface area is 246 Å². The van der Waals surface area contributed by atoms with E-state index in [9.17, 15) is 9.59 Å². The number of fused-ring (bicyclic) bond motifs is 1. The Morgan fingerprint density at radius 3 is 2.43 bits per heavy atom. The van der Waals surface area contributed by atoms with E-state index in [1.54, 1.807) is 15.6 Å². The van der Waals surface area contributed by atoms with Gasteiger partial charge in [-0.05, 0) is 88.9 Å². The molecule has 0 bridgehead atoms. The summed E-state index contributed by atoms with van der Waals surface area (Å²) in [6.07, 6.45) is 3.69. The molecule has 9 nitrogen and oxygen atoms in total. The molecule has 2 aromatic heterocycles. The largest absolute Gasteiger partial charge is 0.494 e. The van der Waals surface area contributed by atoms with Crippen LogP contribution in [0, 0.1) is 0 Å². The van der Waals surface area contributed by atoms with Crippen LogP contribution >= 0.6 is 0 Å². The third-order valence-electron chi connectivity index (χ3n) is 7.31. The summed E-state index contributed by atoms with van der Waals surface area (Å²) in [7, 11) is 0. The fourth-order valence-electron chi connectivity index (χ4n) is 5.18. The third-order valence-corrected chi connectivity index (χ3v) is 7.31. The van der Waals surface area contributed by atoms with Crippen molar-refractivity contribution in [3.8, 4) is 17.0 Å². The maximum Gasteiger partial charge on any atom is 0.410 e. The lowest BCUT2D eigenvalue weighted by Gasteiger charge is -2.33. The van der Waals surface area contributed by atoms with Crippen LogP contribution < -0.4 is 10.1 Å². The van der Waals surface area contributed by atoms with Crippen LogP contribution in [0.2, 0.25) is 0 Å². The number of amides is 2. The highest BCUT2D eigenvalue weighted by Crippen LogP contribution is 2.32. The van der Waals surface area contributed by atoms with Gasteiger partial charge in [-0.2, -0.15) is 5.10 Å². The van der Waals surface area contributed by atoms with Crippen LogP contribution in [0.25, 0.3) is 16.9 Å². The number of ether oxygens (including phenoxy) is 2. The van der Waals surface area contributed by atoms with Crippen LogP contribution in [0.1, 0.15) is 75.0 Å². The number of anilines is 1. The molecular weight excluding hydrogens is 530 g/mol. The van der Waals surface area contributed by atoms with Crippen molar-refractivity contribution in [1.29, 1.82) is 0 Å². The van der Waals surface area contributed by atoms with Gasteiger partial charge in [-0.1, -0.05) is 19.1 Å². The van der Waals surface area contributed by atoms with E-state index in [0.29, 0.717) is 49.4 Å². The summed E-state index contributed by atoms with van der Waals surface area (Å²) < 4.78 is 12.8. The number of carbonyl (C=O) groups excluding carboxylic acids is 2. The van der Waals surface area contributed by atoms with Crippen molar-refractivity contribution in [2.45, 2.75) is 65.4 Å². The van der Waals surface area contributed by atoms with Crippen molar-refractivity contribution in [2.75, 3.05) is 25.0 Å². The molecule has 5 rings (SSSR count). The highest BCUT2D eigenvalue weighted by Gasteiger charge is 2.31. The number of aromatic nitrogens is 3. The van der Waals surface area contributed by atoms with E-state index in [2.05, 4.69) is 12.2 Å². The standard InChI is InChI=1S/C33H39N5O4/c1-6-22-9-8-10-25(19-22)34-31(39)27-21-38-29(20-28(36-38)23-11-13-26(14-12-23)41-7-2)35-30(27)24-15-17-37(18-16-24)32(40)42-33(3,4)5/h8-14,19-21,24H,6-7,15-18H2,1-5H3,(H,34,39). The third kappa shape index (κ3) is 6.73. The lowest BCUT2D eigenvalue weighted by Crippen LogP contribution is -2.41. The van der Waals surface area contributed by atoms with Crippen molar-refractivity contribution >= 4 is 23.3 Å². The van der Waals surface area contributed by atoms with Gasteiger partial charge in [0.2, 0.25) is 0 Å². The molecule has 1 saturated heterocycles. The van der Waals surface area contributed by atoms with E-state index in [1.165, 1.54) is 0 Å². The maximum atomic E-state index is 13.7. The molecule has 2 amide bonds. The van der Waals surface area contributed by atoms with Gasteiger partial charge < -0.3 is 19.7 Å². The molecule has 1 fully saturated rings. The molecule has 1 N–H and O–H groups in total. The first kappa shape index (κ1) is 29.1. The Kier molecular flexibility index (Phi) is 8.47. The minimum atomic E-state index is -0.552. The van der Waals surface area contributed by atoms with Gasteiger partial charge >= 0.3 is 6.09 Å². The van der Waals surface area contributed by atoms with Gasteiger partial charge in [0.1, 0.15) is 11.4 Å². The topological polar surface area (TPSA) is 98.1 Å². The predicted molar refractivity (Wildman–Crippen MR) is 163 cm³/mol. The molecule has 1 aliphatic heterocycles. The Balaban J connectivity index is 1.46. The zero-order chi connectivity index (χ0) is 29.9. The van der Waals surface area contributed by atoms with Gasteiger partial charge in [-0.25, -0.2) is 14.3 Å². The zero-order valence-corrected chi connectivity index (χ0v) is 25.0. The Morgan fingerprint density at radius 1 is 1.02 bits per heavy atom. The first-order chi connectivity index (χ1) is 20.1. The smallest absolute Gasteiger partial charge is 0.410 e. The van der Waals surface area contributed by atoms with Gasteiger partial charge in [-0.3, -0.25) is 4.79 Å². The number of benzene rings is 2. The van der Waals surface area contributed by atoms with Crippen LogP contribution in [-0.2, 0) is 11.2 Å². The average molecular weight is 570 g/mol. The van der Waals surface area contributed by atoms with Crippen LogP contribution in [0.3, 0.4) is 0 Å². The van der Waals surface area contributed by atoms with E-state index in [4.69, 9.17) is 19.6 Å². The van der Waals surface area contributed by atoms with Gasteiger partial charge in [0, 0.05) is 42.5 Å². The minimum absolute atomic E-state index is 0.000221. The Hall–Kier alpha value is -4.40. The molecule has 42 heavy (non-hydrogen) atoms. The second-order valence-corrected chi connectivity index (χ2v) is 11.6. The summed E-state index contributed by atoms with van der Waals surface area (Å²) in [6.45, 7) is 11.3. The molecule has 9 heteroatoms. The number of carbonyl (C=O) groups is 2. The zero-order valence-electron chi connectivity index (χ0n) is 25.0. The second kappa shape index (κ2) is 12.2. The monoisotopic (exact) mass is 569 g/mol. The molecule has 2 aromatic carbocycles. The molecule has 220 valence electrons. The quantitative estimate of drug-likeness (QED) is 0.265. The number of piperidine rings is 1. The maximum absolute atomic E-state index is 13.7. The summed E-state index contributed by atoms with van der Waals surface area (Å²) >= 11 is 0. The fraction of sp³-hybridized carbons (Fsp3) is 0.394. The van der Waals surface area contributed by atoms with E-state index in [0.717, 1.165) is 34.7 Å². The number of likely N-dealkylation sites (tertiary alicyclic amines) is 1. The van der Waals surface area contributed by atoms with Crippen LogP contribution in [-0.4, -0.2) is 56.8 Å². The van der Waals surface area contributed by atoms with E-state index in [1.807, 2.05) is 82.3 Å². The predicted octanol–water partition coefficient (Wildman–Crippen LogP) is 6.72. The molecule has 0 unspecified atom stereocenters. The second-order valence-electron chi connectivity index (χ2n) is 11.6. The number of nitrogens with one attached hydrogen (secondary N) is 1. The Bertz CT molecular complexity index is 1560. The number of nitrogens with zero attached hydrogens (tertiary/aromatic N) is 4. The summed E-state index contributed by atoms with van der Waals surface area (Å²) in [6, 6.07) is 17.6. The number of hydrogen-bond donors (Lipinski definition) is 1. The molecule has 0 aliphatic carbocycles. The number of rotatable bonds is 7.